The third-order valence-electron chi connectivity index (χ3n) is 4.11. The van der Waals surface area contributed by atoms with Crippen molar-refractivity contribution in [2.75, 3.05) is 6.54 Å². The lowest BCUT2D eigenvalue weighted by molar-refractivity contribution is 0.0220. The molecule has 0 spiro atoms. The molecule has 2 heterocycles. The zero-order valence-electron chi connectivity index (χ0n) is 15.4. The van der Waals surface area contributed by atoms with Crippen LogP contribution in [-0.2, 0) is 27.7 Å². The molecule has 0 fully saturated rings. The molecule has 1 aliphatic heterocycles. The van der Waals surface area contributed by atoms with Crippen molar-refractivity contribution in [2.24, 2.45) is 0 Å². The third-order valence-corrected chi connectivity index (χ3v) is 5.81. The summed E-state index contributed by atoms with van der Waals surface area (Å²) in [5.74, 6) is 0. The van der Waals surface area contributed by atoms with E-state index in [2.05, 4.69) is 4.98 Å². The van der Waals surface area contributed by atoms with Crippen LogP contribution in [-0.4, -0.2) is 40.5 Å². The summed E-state index contributed by atoms with van der Waals surface area (Å²) in [5.41, 5.74) is 1.57. The molecule has 0 unspecified atom stereocenters. The number of aromatic nitrogens is 2. The quantitative estimate of drug-likeness (QED) is 0.804. The fourth-order valence-electron chi connectivity index (χ4n) is 2.78. The average Bonchev–Trinajstić information content (AvgIpc) is 2.97. The highest BCUT2D eigenvalue weighted by Gasteiger charge is 2.31. The first-order valence-corrected chi connectivity index (χ1v) is 9.87. The lowest BCUT2D eigenvalue weighted by Gasteiger charge is -2.30. The zero-order chi connectivity index (χ0) is 19.1. The maximum Gasteiger partial charge on any atom is 0.410 e. The third kappa shape index (κ3) is 3.60. The van der Waals surface area contributed by atoms with Gasteiger partial charge in [0.1, 0.15) is 11.9 Å². The van der Waals surface area contributed by atoms with Crippen LogP contribution in [0.2, 0.25) is 0 Å². The van der Waals surface area contributed by atoms with Gasteiger partial charge in [0, 0.05) is 13.0 Å². The number of carbonyl (C=O) groups excluding carboxylic acids is 1. The summed E-state index contributed by atoms with van der Waals surface area (Å²) in [7, 11) is -3.76. The number of benzene rings is 1. The standard InChI is InChI=1S/C18H23N3O4S/c1-13-5-7-14(8-6-13)26(23,24)21-12-19-15-9-10-20(11-16(15)21)17(22)25-18(2,3)4/h5-8,12H,9-11H2,1-4H3. The van der Waals surface area contributed by atoms with E-state index in [4.69, 9.17) is 4.74 Å². The van der Waals surface area contributed by atoms with Crippen LogP contribution in [0, 0.1) is 6.92 Å². The molecule has 1 aliphatic rings. The Bertz CT molecular complexity index is 924. The molecule has 0 radical (unpaired) electrons. The molecule has 8 heteroatoms. The molecule has 26 heavy (non-hydrogen) atoms. The van der Waals surface area contributed by atoms with Crippen LogP contribution in [0.25, 0.3) is 0 Å². The van der Waals surface area contributed by atoms with Crippen molar-refractivity contribution >= 4 is 16.1 Å². The van der Waals surface area contributed by atoms with Crippen molar-refractivity contribution in [1.82, 2.24) is 13.9 Å². The number of hydrogen-bond acceptors (Lipinski definition) is 5. The largest absolute Gasteiger partial charge is 0.444 e. The SMILES string of the molecule is Cc1ccc(S(=O)(=O)n2cnc3c2CN(C(=O)OC(C)(C)C)CC3)cc1. The lowest BCUT2D eigenvalue weighted by Crippen LogP contribution is -2.40. The van der Waals surface area contributed by atoms with Crippen molar-refractivity contribution in [3.8, 4) is 0 Å². The number of fused-ring (bicyclic) bond motifs is 1. The van der Waals surface area contributed by atoms with Gasteiger partial charge in [0.15, 0.2) is 0 Å². The van der Waals surface area contributed by atoms with Crippen LogP contribution in [0.4, 0.5) is 4.79 Å². The molecule has 0 saturated heterocycles. The van der Waals surface area contributed by atoms with Gasteiger partial charge in [0.25, 0.3) is 10.0 Å². The molecule has 0 aliphatic carbocycles. The second-order valence-corrected chi connectivity index (χ2v) is 9.22. The molecular formula is C18H23N3O4S. The van der Waals surface area contributed by atoms with Crippen LogP contribution in [0.3, 0.4) is 0 Å². The Morgan fingerprint density at radius 1 is 1.19 bits per heavy atom. The van der Waals surface area contributed by atoms with E-state index in [0.29, 0.717) is 24.4 Å². The molecule has 0 N–H and O–H groups in total. The minimum absolute atomic E-state index is 0.148. The lowest BCUT2D eigenvalue weighted by atomic mass is 10.1. The maximum atomic E-state index is 13.0. The van der Waals surface area contributed by atoms with E-state index in [1.807, 2.05) is 6.92 Å². The normalized spacial score (nSPS) is 14.8. The number of rotatable bonds is 2. The van der Waals surface area contributed by atoms with Gasteiger partial charge in [0.05, 0.1) is 22.8 Å². The molecular weight excluding hydrogens is 354 g/mol. The number of hydrogen-bond donors (Lipinski definition) is 0. The van der Waals surface area contributed by atoms with Gasteiger partial charge in [-0.3, -0.25) is 0 Å². The minimum atomic E-state index is -3.76. The van der Waals surface area contributed by atoms with Crippen LogP contribution in [0.5, 0.6) is 0 Å². The summed E-state index contributed by atoms with van der Waals surface area (Å²) in [4.78, 5) is 18.3. The van der Waals surface area contributed by atoms with Gasteiger partial charge in [-0.1, -0.05) is 17.7 Å². The monoisotopic (exact) mass is 377 g/mol. The van der Waals surface area contributed by atoms with Gasteiger partial charge in [-0.2, -0.15) is 0 Å². The first kappa shape index (κ1) is 18.4. The van der Waals surface area contributed by atoms with E-state index in [1.165, 1.54) is 15.2 Å². The van der Waals surface area contributed by atoms with Crippen molar-refractivity contribution in [3.63, 3.8) is 0 Å². The highest BCUT2D eigenvalue weighted by atomic mass is 32.2. The first-order chi connectivity index (χ1) is 12.1. The van der Waals surface area contributed by atoms with Gasteiger partial charge in [-0.05, 0) is 39.8 Å². The number of nitrogens with zero attached hydrogens (tertiary/aromatic N) is 3. The maximum absolute atomic E-state index is 13.0. The molecule has 7 nitrogen and oxygen atoms in total. The number of amides is 1. The second kappa shape index (κ2) is 6.42. The fourth-order valence-corrected chi connectivity index (χ4v) is 4.11. The predicted molar refractivity (Wildman–Crippen MR) is 96.3 cm³/mol. The Kier molecular flexibility index (Phi) is 4.56. The van der Waals surface area contributed by atoms with Crippen LogP contribution < -0.4 is 0 Å². The van der Waals surface area contributed by atoms with Gasteiger partial charge < -0.3 is 9.64 Å². The Balaban J connectivity index is 1.91. The van der Waals surface area contributed by atoms with E-state index in [9.17, 15) is 13.2 Å². The summed E-state index contributed by atoms with van der Waals surface area (Å²) in [6.45, 7) is 7.89. The predicted octanol–water partition coefficient (Wildman–Crippen LogP) is 2.72. The molecule has 0 bridgehead atoms. The Labute approximate surface area is 153 Å². The van der Waals surface area contributed by atoms with Crippen LogP contribution in [0.15, 0.2) is 35.5 Å². The minimum Gasteiger partial charge on any atom is -0.444 e. The van der Waals surface area contributed by atoms with Gasteiger partial charge in [0.2, 0.25) is 0 Å². The molecule has 1 aromatic carbocycles. The van der Waals surface area contributed by atoms with E-state index in [1.54, 1.807) is 45.0 Å². The molecule has 140 valence electrons. The van der Waals surface area contributed by atoms with Crippen molar-refractivity contribution in [3.05, 3.63) is 47.5 Å². The number of aryl methyl sites for hydroxylation is 1. The Hall–Kier alpha value is -2.35. The molecule has 0 saturated carbocycles. The molecule has 0 atom stereocenters. The number of carbonyl (C=O) groups is 1. The van der Waals surface area contributed by atoms with Gasteiger partial charge >= 0.3 is 6.09 Å². The summed E-state index contributed by atoms with van der Waals surface area (Å²) >= 11 is 0. The highest BCUT2D eigenvalue weighted by Crippen LogP contribution is 2.24. The smallest absolute Gasteiger partial charge is 0.410 e. The molecule has 3 rings (SSSR count). The van der Waals surface area contributed by atoms with Crippen LogP contribution >= 0.6 is 0 Å². The zero-order valence-corrected chi connectivity index (χ0v) is 16.2. The van der Waals surface area contributed by atoms with Gasteiger partial charge in [-0.15, -0.1) is 0 Å². The number of imidazole rings is 1. The average molecular weight is 377 g/mol. The summed E-state index contributed by atoms with van der Waals surface area (Å²) < 4.78 is 32.5. The first-order valence-electron chi connectivity index (χ1n) is 8.43. The molecule has 1 aromatic heterocycles. The van der Waals surface area contributed by atoms with E-state index < -0.39 is 21.7 Å². The van der Waals surface area contributed by atoms with Gasteiger partial charge in [-0.25, -0.2) is 22.2 Å². The summed E-state index contributed by atoms with van der Waals surface area (Å²) in [6.07, 6.45) is 1.35. The molecule has 2 aromatic rings. The van der Waals surface area contributed by atoms with E-state index in [0.717, 1.165) is 5.56 Å². The fraction of sp³-hybridized carbons (Fsp3) is 0.444. The highest BCUT2D eigenvalue weighted by molar-refractivity contribution is 7.90. The van der Waals surface area contributed by atoms with Crippen molar-refractivity contribution in [2.45, 2.75) is 51.2 Å². The molecule has 1 amide bonds. The van der Waals surface area contributed by atoms with Crippen molar-refractivity contribution in [1.29, 1.82) is 0 Å². The second-order valence-electron chi connectivity index (χ2n) is 7.40. The number of ether oxygens (including phenoxy) is 1. The van der Waals surface area contributed by atoms with Crippen LogP contribution in [0.1, 0.15) is 37.7 Å². The van der Waals surface area contributed by atoms with E-state index in [-0.39, 0.29) is 11.4 Å². The topological polar surface area (TPSA) is 81.5 Å². The Morgan fingerprint density at radius 2 is 1.85 bits per heavy atom. The summed E-state index contributed by atoms with van der Waals surface area (Å²) in [5, 5.41) is 0. The summed E-state index contributed by atoms with van der Waals surface area (Å²) in [6, 6.07) is 6.66. The Morgan fingerprint density at radius 3 is 2.46 bits per heavy atom. The van der Waals surface area contributed by atoms with Crippen molar-refractivity contribution < 1.29 is 17.9 Å². The van der Waals surface area contributed by atoms with E-state index >= 15 is 0 Å².